The van der Waals surface area contributed by atoms with Gasteiger partial charge < -0.3 is 5.32 Å². The third-order valence-corrected chi connectivity index (χ3v) is 9.21. The summed E-state index contributed by atoms with van der Waals surface area (Å²) in [6, 6.07) is 11.1. The lowest BCUT2D eigenvalue weighted by Crippen LogP contribution is -2.42. The Morgan fingerprint density at radius 1 is 0.970 bits per heavy atom. The second-order valence-electron chi connectivity index (χ2n) is 9.18. The maximum absolute atomic E-state index is 13.0. The van der Waals surface area contributed by atoms with Gasteiger partial charge in [0.05, 0.1) is 16.8 Å². The van der Waals surface area contributed by atoms with E-state index in [9.17, 15) is 21.6 Å². The summed E-state index contributed by atoms with van der Waals surface area (Å²) < 4.78 is 52.7. The number of nitrogens with zero attached hydrogens (tertiary/aromatic N) is 2. The van der Waals surface area contributed by atoms with Crippen molar-refractivity contribution in [1.29, 1.82) is 0 Å². The maximum Gasteiger partial charge on any atom is 0.255 e. The van der Waals surface area contributed by atoms with Crippen molar-refractivity contribution in [3.63, 3.8) is 0 Å². The smallest absolute Gasteiger partial charge is 0.255 e. The number of rotatable bonds is 5. The van der Waals surface area contributed by atoms with Crippen LogP contribution < -0.4 is 9.62 Å². The molecular weight excluding hydrogens is 462 g/mol. The summed E-state index contributed by atoms with van der Waals surface area (Å²) >= 11 is 0. The lowest BCUT2D eigenvalue weighted by atomic mass is 9.94. The van der Waals surface area contributed by atoms with Crippen LogP contribution in [0.2, 0.25) is 0 Å². The molecule has 0 saturated carbocycles. The lowest BCUT2D eigenvalue weighted by molar-refractivity contribution is 0.102. The number of sulfonamides is 2. The number of fused-ring (bicyclic) bond motifs is 1. The topological polar surface area (TPSA) is 104 Å². The monoisotopic (exact) mass is 491 g/mol. The van der Waals surface area contributed by atoms with E-state index < -0.39 is 20.0 Å². The van der Waals surface area contributed by atoms with Crippen molar-refractivity contribution >= 4 is 37.3 Å². The highest BCUT2D eigenvalue weighted by atomic mass is 32.2. The number of amides is 1. The summed E-state index contributed by atoms with van der Waals surface area (Å²) in [5, 5.41) is 2.78. The van der Waals surface area contributed by atoms with Gasteiger partial charge in [-0.25, -0.2) is 16.8 Å². The van der Waals surface area contributed by atoms with Gasteiger partial charge >= 0.3 is 0 Å². The van der Waals surface area contributed by atoms with Crippen molar-refractivity contribution in [3.05, 3.63) is 53.6 Å². The number of hydrogen-bond acceptors (Lipinski definition) is 5. The van der Waals surface area contributed by atoms with Crippen molar-refractivity contribution < 1.29 is 21.6 Å². The molecule has 1 amide bonds. The van der Waals surface area contributed by atoms with Gasteiger partial charge in [0.1, 0.15) is 0 Å². The number of anilines is 2. The van der Waals surface area contributed by atoms with Crippen LogP contribution in [0.4, 0.5) is 11.4 Å². The van der Waals surface area contributed by atoms with Gasteiger partial charge in [0.25, 0.3) is 5.91 Å². The number of nitrogens with one attached hydrogen (secondary N) is 1. The molecule has 0 bridgehead atoms. The molecule has 0 radical (unpaired) electrons. The van der Waals surface area contributed by atoms with Gasteiger partial charge in [0.2, 0.25) is 20.0 Å². The van der Waals surface area contributed by atoms with Crippen LogP contribution >= 0.6 is 0 Å². The molecule has 0 aliphatic carbocycles. The Hall–Kier alpha value is -2.43. The van der Waals surface area contributed by atoms with Gasteiger partial charge in [-0.05, 0) is 72.7 Å². The first kappa shape index (κ1) is 23.7. The molecule has 2 aliphatic rings. The molecule has 2 aromatic carbocycles. The fourth-order valence-corrected chi connectivity index (χ4v) is 7.36. The molecule has 1 saturated heterocycles. The zero-order chi connectivity index (χ0) is 24.0. The van der Waals surface area contributed by atoms with Gasteiger partial charge in [0, 0.05) is 30.9 Å². The molecule has 178 valence electrons. The molecule has 0 spiro atoms. The Morgan fingerprint density at radius 2 is 1.61 bits per heavy atom. The van der Waals surface area contributed by atoms with Crippen LogP contribution in [0.1, 0.15) is 36.2 Å². The van der Waals surface area contributed by atoms with E-state index in [-0.39, 0.29) is 10.8 Å². The highest BCUT2D eigenvalue weighted by Gasteiger charge is 2.31. The van der Waals surface area contributed by atoms with Crippen molar-refractivity contribution in [2.45, 2.75) is 31.6 Å². The lowest BCUT2D eigenvalue weighted by Gasteiger charge is -2.34. The van der Waals surface area contributed by atoms with Crippen molar-refractivity contribution in [2.24, 2.45) is 11.8 Å². The molecule has 0 aromatic heterocycles. The molecule has 2 heterocycles. The average molecular weight is 492 g/mol. The molecule has 1 N–H and O–H groups in total. The number of carbonyl (C=O) groups is 1. The van der Waals surface area contributed by atoms with Gasteiger partial charge in [-0.3, -0.25) is 9.10 Å². The van der Waals surface area contributed by atoms with E-state index in [0.717, 1.165) is 12.0 Å². The minimum atomic E-state index is -3.58. The normalized spacial score (nSPS) is 21.6. The first-order valence-corrected chi connectivity index (χ1v) is 14.3. The third-order valence-electron chi connectivity index (χ3n) is 6.18. The van der Waals surface area contributed by atoms with E-state index in [1.807, 2.05) is 0 Å². The van der Waals surface area contributed by atoms with Crippen molar-refractivity contribution in [3.8, 4) is 0 Å². The zero-order valence-electron chi connectivity index (χ0n) is 19.0. The summed E-state index contributed by atoms with van der Waals surface area (Å²) in [7, 11) is -6.93. The molecule has 2 atom stereocenters. The average Bonchev–Trinajstić information content (AvgIpc) is 3.17. The van der Waals surface area contributed by atoms with Crippen LogP contribution in [0.3, 0.4) is 0 Å². The second-order valence-corrected chi connectivity index (χ2v) is 13.0. The maximum atomic E-state index is 13.0. The molecule has 33 heavy (non-hydrogen) atoms. The summed E-state index contributed by atoms with van der Waals surface area (Å²) in [5.41, 5.74) is 2.30. The Bertz CT molecular complexity index is 1260. The highest BCUT2D eigenvalue weighted by molar-refractivity contribution is 7.92. The fourth-order valence-electron chi connectivity index (χ4n) is 4.72. The van der Waals surface area contributed by atoms with Crippen LogP contribution in [-0.2, 0) is 26.5 Å². The van der Waals surface area contributed by atoms with Gasteiger partial charge in [-0.2, -0.15) is 4.31 Å². The van der Waals surface area contributed by atoms with Gasteiger partial charge in [0.15, 0.2) is 0 Å². The standard InChI is InChI=1S/C23H29N3O5S2/c1-16-12-17(2)15-25(14-16)33(30,31)21-7-5-20(6-8-21)24-23(27)19-4-9-22-18(13-19)10-11-26(22)32(3,28)29/h4-9,13,16-17H,10-12,14-15H2,1-3H3,(H,24,27). The molecule has 2 aliphatic heterocycles. The number of hydrogen-bond donors (Lipinski definition) is 1. The van der Waals surface area contributed by atoms with Gasteiger partial charge in [-0.15, -0.1) is 0 Å². The zero-order valence-corrected chi connectivity index (χ0v) is 20.6. The third kappa shape index (κ3) is 4.92. The predicted octanol–water partition coefficient (Wildman–Crippen LogP) is 2.93. The van der Waals surface area contributed by atoms with Crippen LogP contribution in [0.25, 0.3) is 0 Å². The first-order chi connectivity index (χ1) is 15.4. The summed E-state index contributed by atoms with van der Waals surface area (Å²) in [4.78, 5) is 12.9. The fraction of sp³-hybridized carbons (Fsp3) is 0.435. The molecule has 10 heteroatoms. The predicted molar refractivity (Wildman–Crippen MR) is 128 cm³/mol. The number of piperidine rings is 1. The van der Waals surface area contributed by atoms with E-state index in [1.165, 1.54) is 22.7 Å². The van der Waals surface area contributed by atoms with Gasteiger partial charge in [-0.1, -0.05) is 13.8 Å². The molecule has 1 fully saturated rings. The number of benzene rings is 2. The van der Waals surface area contributed by atoms with E-state index in [2.05, 4.69) is 19.2 Å². The minimum absolute atomic E-state index is 0.209. The van der Waals surface area contributed by atoms with E-state index in [4.69, 9.17) is 0 Å². The van der Waals surface area contributed by atoms with Crippen molar-refractivity contribution in [2.75, 3.05) is 35.5 Å². The van der Waals surface area contributed by atoms with Crippen molar-refractivity contribution in [1.82, 2.24) is 4.31 Å². The van der Waals surface area contributed by atoms with E-state index >= 15 is 0 Å². The molecule has 4 rings (SSSR count). The van der Waals surface area contributed by atoms with E-state index in [1.54, 1.807) is 34.6 Å². The SMILES string of the molecule is CC1CC(C)CN(S(=O)(=O)c2ccc(NC(=O)c3ccc4c(c3)CCN4S(C)(=O)=O)cc2)C1. The summed E-state index contributed by atoms with van der Waals surface area (Å²) in [6.45, 7) is 5.52. The summed E-state index contributed by atoms with van der Waals surface area (Å²) in [6.07, 6.45) is 2.73. The number of carbonyl (C=O) groups excluding carboxylic acids is 1. The Morgan fingerprint density at radius 3 is 2.21 bits per heavy atom. The molecular formula is C23H29N3O5S2. The molecule has 2 unspecified atom stereocenters. The molecule has 8 nitrogen and oxygen atoms in total. The Labute approximate surface area is 195 Å². The second kappa shape index (κ2) is 8.73. The van der Waals surface area contributed by atoms with E-state index in [0.29, 0.717) is 54.8 Å². The first-order valence-electron chi connectivity index (χ1n) is 11.0. The van der Waals surface area contributed by atoms with Crippen LogP contribution in [0.5, 0.6) is 0 Å². The Balaban J connectivity index is 1.47. The quantitative estimate of drug-likeness (QED) is 0.693. The largest absolute Gasteiger partial charge is 0.322 e. The minimum Gasteiger partial charge on any atom is -0.322 e. The summed E-state index contributed by atoms with van der Waals surface area (Å²) in [5.74, 6) is 0.294. The Kier molecular flexibility index (Phi) is 6.28. The van der Waals surface area contributed by atoms with Crippen LogP contribution in [0.15, 0.2) is 47.4 Å². The van der Waals surface area contributed by atoms with Crippen LogP contribution in [0, 0.1) is 11.8 Å². The van der Waals surface area contributed by atoms with Crippen LogP contribution in [-0.4, -0.2) is 52.9 Å². The highest BCUT2D eigenvalue weighted by Crippen LogP contribution is 2.31. The molecule has 2 aromatic rings.